The maximum Gasteiger partial charge on any atom is 0.335 e. The summed E-state index contributed by atoms with van der Waals surface area (Å²) in [6.07, 6.45) is 0. The van der Waals surface area contributed by atoms with E-state index in [1.165, 1.54) is 25.3 Å². The zero-order valence-corrected chi connectivity index (χ0v) is 10.4. The first-order valence-corrected chi connectivity index (χ1v) is 5.43. The lowest BCUT2D eigenvalue weighted by atomic mass is 10.2. The highest BCUT2D eigenvalue weighted by molar-refractivity contribution is 5.88. The standard InChI is InChI=1S/C12H12N2O5/c1-7-13-14-11(19-7)6-18-9-4-3-8(12(15)16)5-10(9)17-2/h3-5H,6H2,1-2H3,(H,15,16). The van der Waals surface area contributed by atoms with Crippen LogP contribution in [-0.2, 0) is 6.61 Å². The summed E-state index contributed by atoms with van der Waals surface area (Å²) in [4.78, 5) is 10.8. The summed E-state index contributed by atoms with van der Waals surface area (Å²) in [5.41, 5.74) is 0.123. The quantitative estimate of drug-likeness (QED) is 0.877. The highest BCUT2D eigenvalue weighted by Crippen LogP contribution is 2.28. The van der Waals surface area contributed by atoms with Gasteiger partial charge in [0, 0.05) is 6.92 Å². The van der Waals surface area contributed by atoms with E-state index in [0.717, 1.165) is 0 Å². The third-order valence-corrected chi connectivity index (χ3v) is 2.33. The molecule has 2 rings (SSSR count). The molecule has 1 aromatic heterocycles. The second-order valence-corrected chi connectivity index (χ2v) is 3.67. The van der Waals surface area contributed by atoms with Crippen molar-refractivity contribution >= 4 is 5.97 Å². The van der Waals surface area contributed by atoms with Gasteiger partial charge in [0.1, 0.15) is 0 Å². The number of ether oxygens (including phenoxy) is 2. The summed E-state index contributed by atoms with van der Waals surface area (Å²) >= 11 is 0. The molecule has 0 aliphatic rings. The first-order valence-electron chi connectivity index (χ1n) is 5.43. The third-order valence-electron chi connectivity index (χ3n) is 2.33. The van der Waals surface area contributed by atoms with Crippen LogP contribution in [0.25, 0.3) is 0 Å². The average molecular weight is 264 g/mol. The molecule has 0 aliphatic carbocycles. The molecule has 0 bridgehead atoms. The zero-order valence-electron chi connectivity index (χ0n) is 10.4. The van der Waals surface area contributed by atoms with Crippen LogP contribution in [0.2, 0.25) is 0 Å². The Morgan fingerprint density at radius 1 is 1.37 bits per heavy atom. The van der Waals surface area contributed by atoms with E-state index in [4.69, 9.17) is 19.0 Å². The Morgan fingerprint density at radius 3 is 2.74 bits per heavy atom. The summed E-state index contributed by atoms with van der Waals surface area (Å²) in [5, 5.41) is 16.3. The number of carboxylic acids is 1. The van der Waals surface area contributed by atoms with Crippen molar-refractivity contribution in [3.63, 3.8) is 0 Å². The molecule has 0 spiro atoms. The lowest BCUT2D eigenvalue weighted by Crippen LogP contribution is -2.01. The number of hydrogen-bond donors (Lipinski definition) is 1. The molecule has 0 unspecified atom stereocenters. The van der Waals surface area contributed by atoms with Gasteiger partial charge in [-0.25, -0.2) is 4.79 Å². The van der Waals surface area contributed by atoms with E-state index < -0.39 is 5.97 Å². The van der Waals surface area contributed by atoms with Crippen LogP contribution in [0.15, 0.2) is 22.6 Å². The van der Waals surface area contributed by atoms with Gasteiger partial charge in [0.05, 0.1) is 12.7 Å². The van der Waals surface area contributed by atoms with Crippen molar-refractivity contribution in [1.82, 2.24) is 10.2 Å². The van der Waals surface area contributed by atoms with E-state index in [0.29, 0.717) is 23.3 Å². The zero-order chi connectivity index (χ0) is 13.8. The second kappa shape index (κ2) is 5.38. The van der Waals surface area contributed by atoms with Crippen molar-refractivity contribution in [2.75, 3.05) is 7.11 Å². The molecule has 7 heteroatoms. The van der Waals surface area contributed by atoms with Crippen LogP contribution in [0.4, 0.5) is 0 Å². The Balaban J connectivity index is 2.13. The van der Waals surface area contributed by atoms with Gasteiger partial charge in [0.2, 0.25) is 5.89 Å². The Morgan fingerprint density at radius 2 is 2.16 bits per heavy atom. The molecule has 0 aliphatic heterocycles. The molecule has 0 saturated carbocycles. The Bertz CT molecular complexity index is 594. The highest BCUT2D eigenvalue weighted by atomic mass is 16.5. The molecule has 19 heavy (non-hydrogen) atoms. The average Bonchev–Trinajstić information content (AvgIpc) is 2.81. The first-order chi connectivity index (χ1) is 9.10. The van der Waals surface area contributed by atoms with Gasteiger partial charge in [-0.3, -0.25) is 0 Å². The summed E-state index contributed by atoms with van der Waals surface area (Å²) in [5.74, 6) is 0.491. The Labute approximate surface area is 108 Å². The van der Waals surface area contributed by atoms with Gasteiger partial charge in [-0.2, -0.15) is 0 Å². The fourth-order valence-electron chi connectivity index (χ4n) is 1.46. The Hall–Kier alpha value is -2.57. The normalized spacial score (nSPS) is 10.2. The molecule has 1 aromatic carbocycles. The molecule has 7 nitrogen and oxygen atoms in total. The summed E-state index contributed by atoms with van der Waals surface area (Å²) in [6.45, 7) is 1.77. The molecule has 2 aromatic rings. The minimum Gasteiger partial charge on any atom is -0.493 e. The van der Waals surface area contributed by atoms with Gasteiger partial charge in [-0.1, -0.05) is 0 Å². The number of hydrogen-bond acceptors (Lipinski definition) is 6. The maximum absolute atomic E-state index is 10.8. The maximum atomic E-state index is 10.8. The predicted molar refractivity (Wildman–Crippen MR) is 63.3 cm³/mol. The number of aromatic carboxylic acids is 1. The minimum atomic E-state index is -1.03. The number of carbonyl (C=O) groups is 1. The van der Waals surface area contributed by atoms with Crippen LogP contribution in [0, 0.1) is 6.92 Å². The van der Waals surface area contributed by atoms with Gasteiger partial charge >= 0.3 is 5.97 Å². The van der Waals surface area contributed by atoms with Crippen LogP contribution in [0.3, 0.4) is 0 Å². The van der Waals surface area contributed by atoms with Gasteiger partial charge in [0.15, 0.2) is 18.1 Å². The molecular formula is C12H12N2O5. The molecule has 100 valence electrons. The molecule has 0 fully saturated rings. The molecule has 0 radical (unpaired) electrons. The molecule has 0 saturated heterocycles. The van der Waals surface area contributed by atoms with Crippen molar-refractivity contribution in [3.05, 3.63) is 35.5 Å². The van der Waals surface area contributed by atoms with E-state index in [1.807, 2.05) is 0 Å². The monoisotopic (exact) mass is 264 g/mol. The van der Waals surface area contributed by atoms with Crippen LogP contribution >= 0.6 is 0 Å². The minimum absolute atomic E-state index is 0.0869. The molecule has 1 heterocycles. The number of nitrogens with zero attached hydrogens (tertiary/aromatic N) is 2. The summed E-state index contributed by atoms with van der Waals surface area (Å²) in [7, 11) is 1.44. The molecular weight excluding hydrogens is 252 g/mol. The van der Waals surface area contributed by atoms with E-state index >= 15 is 0 Å². The van der Waals surface area contributed by atoms with E-state index in [-0.39, 0.29) is 12.2 Å². The van der Waals surface area contributed by atoms with Crippen LogP contribution in [-0.4, -0.2) is 28.4 Å². The highest BCUT2D eigenvalue weighted by Gasteiger charge is 2.11. The van der Waals surface area contributed by atoms with E-state index in [1.54, 1.807) is 6.92 Å². The number of rotatable bonds is 5. The molecule has 0 atom stereocenters. The number of methoxy groups -OCH3 is 1. The van der Waals surface area contributed by atoms with Crippen molar-refractivity contribution in [2.24, 2.45) is 0 Å². The number of carboxylic acid groups (broad SMARTS) is 1. The Kier molecular flexibility index (Phi) is 3.65. The molecule has 0 amide bonds. The van der Waals surface area contributed by atoms with Crippen LogP contribution in [0.1, 0.15) is 22.1 Å². The number of benzene rings is 1. The van der Waals surface area contributed by atoms with Crippen LogP contribution in [0.5, 0.6) is 11.5 Å². The topological polar surface area (TPSA) is 94.7 Å². The van der Waals surface area contributed by atoms with Gasteiger partial charge in [-0.15, -0.1) is 10.2 Å². The van der Waals surface area contributed by atoms with Gasteiger partial charge < -0.3 is 19.0 Å². The lowest BCUT2D eigenvalue weighted by Gasteiger charge is -2.09. The van der Waals surface area contributed by atoms with Crippen molar-refractivity contribution in [3.8, 4) is 11.5 Å². The third kappa shape index (κ3) is 3.01. The molecule has 1 N–H and O–H groups in total. The number of aryl methyl sites for hydroxylation is 1. The second-order valence-electron chi connectivity index (χ2n) is 3.67. The van der Waals surface area contributed by atoms with Crippen LogP contribution < -0.4 is 9.47 Å². The summed E-state index contributed by atoms with van der Waals surface area (Å²) in [6, 6.07) is 4.33. The fraction of sp³-hybridized carbons (Fsp3) is 0.250. The fourth-order valence-corrected chi connectivity index (χ4v) is 1.46. The van der Waals surface area contributed by atoms with E-state index in [2.05, 4.69) is 10.2 Å². The van der Waals surface area contributed by atoms with Crippen molar-refractivity contribution in [2.45, 2.75) is 13.5 Å². The largest absolute Gasteiger partial charge is 0.493 e. The summed E-state index contributed by atoms with van der Waals surface area (Å²) < 4.78 is 15.7. The number of aromatic nitrogens is 2. The predicted octanol–water partition coefficient (Wildman–Crippen LogP) is 1.66. The SMILES string of the molecule is COc1cc(C(=O)O)ccc1OCc1nnc(C)o1. The lowest BCUT2D eigenvalue weighted by molar-refractivity contribution is 0.0696. The first kappa shape index (κ1) is 12.9. The van der Waals surface area contributed by atoms with Gasteiger partial charge in [-0.05, 0) is 18.2 Å². The van der Waals surface area contributed by atoms with Crippen molar-refractivity contribution in [1.29, 1.82) is 0 Å². The smallest absolute Gasteiger partial charge is 0.335 e. The van der Waals surface area contributed by atoms with Gasteiger partial charge in [0.25, 0.3) is 5.89 Å². The van der Waals surface area contributed by atoms with E-state index in [9.17, 15) is 4.79 Å². The van der Waals surface area contributed by atoms with Crippen molar-refractivity contribution < 1.29 is 23.8 Å².